The summed E-state index contributed by atoms with van der Waals surface area (Å²) in [6, 6.07) is 8.78. The highest BCUT2D eigenvalue weighted by molar-refractivity contribution is 6.30. The summed E-state index contributed by atoms with van der Waals surface area (Å²) in [5.41, 5.74) is 7.23. The molecule has 0 amide bonds. The molecule has 8 heteroatoms. The number of rotatable bonds is 4. The van der Waals surface area contributed by atoms with Crippen LogP contribution in [0, 0.1) is 11.7 Å². The maximum Gasteiger partial charge on any atom is 0.166 e. The average molecular weight is 387 g/mol. The minimum atomic E-state index is -0.383. The van der Waals surface area contributed by atoms with Crippen molar-refractivity contribution in [3.05, 3.63) is 53.1 Å². The Morgan fingerprint density at radius 3 is 2.96 bits per heavy atom. The van der Waals surface area contributed by atoms with Gasteiger partial charge in [-0.15, -0.1) is 0 Å². The molecule has 3 aromatic rings. The van der Waals surface area contributed by atoms with Gasteiger partial charge >= 0.3 is 0 Å². The number of hydrogen-bond acceptors (Lipinski definition) is 6. The van der Waals surface area contributed by atoms with Gasteiger partial charge in [-0.3, -0.25) is 4.90 Å². The second-order valence-corrected chi connectivity index (χ2v) is 7.27. The smallest absolute Gasteiger partial charge is 0.166 e. The maximum atomic E-state index is 13.9. The Bertz CT molecular complexity index is 982. The van der Waals surface area contributed by atoms with Gasteiger partial charge in [0, 0.05) is 12.6 Å². The van der Waals surface area contributed by atoms with E-state index in [0.717, 1.165) is 29.7 Å². The lowest BCUT2D eigenvalue weighted by atomic mass is 9.93. The molecule has 140 valence electrons. The monoisotopic (exact) mass is 386 g/mol. The standard InChI is InChI=1S/C19H20ClFN6/c1-27-7-6-12(17(27)11-2-4-14(20)15(21)8-11)9-23-18-13-3-5-16(22)26-19(13)25-10-24-18/h2-5,8,10,12,17H,6-7,9H2,1H3,(H3,22,23,24,25,26). The fraction of sp³-hybridized carbons (Fsp3) is 0.316. The summed E-state index contributed by atoms with van der Waals surface area (Å²) in [5.74, 6) is 1.08. The van der Waals surface area contributed by atoms with Gasteiger partial charge in [-0.05, 0) is 55.8 Å². The number of fused-ring (bicyclic) bond motifs is 1. The first-order valence-corrected chi connectivity index (χ1v) is 9.17. The number of hydrogen-bond donors (Lipinski definition) is 2. The number of nitrogen functional groups attached to an aromatic ring is 1. The highest BCUT2D eigenvalue weighted by Gasteiger charge is 2.33. The van der Waals surface area contributed by atoms with E-state index in [1.165, 1.54) is 12.4 Å². The van der Waals surface area contributed by atoms with E-state index in [2.05, 4.69) is 32.2 Å². The molecule has 1 fully saturated rings. The third-order valence-electron chi connectivity index (χ3n) is 5.11. The van der Waals surface area contributed by atoms with Crippen LogP contribution in [0.4, 0.5) is 16.0 Å². The number of nitrogens with zero attached hydrogens (tertiary/aromatic N) is 4. The van der Waals surface area contributed by atoms with Crippen LogP contribution >= 0.6 is 11.6 Å². The second-order valence-electron chi connectivity index (χ2n) is 6.86. The lowest BCUT2D eigenvalue weighted by Gasteiger charge is -2.26. The molecule has 2 unspecified atom stereocenters. The number of nitrogens with one attached hydrogen (secondary N) is 1. The van der Waals surface area contributed by atoms with Gasteiger partial charge in [0.1, 0.15) is 23.8 Å². The van der Waals surface area contributed by atoms with Crippen molar-refractivity contribution in [2.45, 2.75) is 12.5 Å². The zero-order valence-corrected chi connectivity index (χ0v) is 15.6. The Morgan fingerprint density at radius 2 is 2.15 bits per heavy atom. The van der Waals surface area contributed by atoms with Gasteiger partial charge in [-0.1, -0.05) is 17.7 Å². The normalized spacial score (nSPS) is 20.3. The minimum Gasteiger partial charge on any atom is -0.384 e. The van der Waals surface area contributed by atoms with Crippen molar-refractivity contribution in [1.29, 1.82) is 0 Å². The van der Waals surface area contributed by atoms with Gasteiger partial charge in [0.25, 0.3) is 0 Å². The summed E-state index contributed by atoms with van der Waals surface area (Å²) >= 11 is 5.84. The molecule has 1 aliphatic heterocycles. The van der Waals surface area contributed by atoms with Crippen molar-refractivity contribution >= 4 is 34.3 Å². The molecule has 2 aromatic heterocycles. The number of likely N-dealkylation sites (tertiary alicyclic amines) is 1. The first-order chi connectivity index (χ1) is 13.0. The summed E-state index contributed by atoms with van der Waals surface area (Å²) in [6.07, 6.45) is 2.48. The lowest BCUT2D eigenvalue weighted by molar-refractivity contribution is 0.281. The summed E-state index contributed by atoms with van der Waals surface area (Å²) in [4.78, 5) is 15.0. The van der Waals surface area contributed by atoms with Crippen LogP contribution in [0.25, 0.3) is 11.0 Å². The van der Waals surface area contributed by atoms with E-state index in [1.54, 1.807) is 12.1 Å². The van der Waals surface area contributed by atoms with Crippen LogP contribution in [0.15, 0.2) is 36.7 Å². The SMILES string of the molecule is CN1CCC(CNc2ncnc3nc(N)ccc23)C1c1ccc(Cl)c(F)c1. The van der Waals surface area contributed by atoms with E-state index >= 15 is 0 Å². The largest absolute Gasteiger partial charge is 0.384 e. The Kier molecular flexibility index (Phi) is 4.80. The number of aromatic nitrogens is 3. The van der Waals surface area contributed by atoms with E-state index in [0.29, 0.717) is 23.9 Å². The lowest BCUT2D eigenvalue weighted by Crippen LogP contribution is -2.25. The molecule has 3 heterocycles. The molecule has 0 saturated carbocycles. The first kappa shape index (κ1) is 17.9. The fourth-order valence-corrected chi connectivity index (χ4v) is 3.91. The van der Waals surface area contributed by atoms with Crippen molar-refractivity contribution in [1.82, 2.24) is 19.9 Å². The van der Waals surface area contributed by atoms with E-state index in [9.17, 15) is 4.39 Å². The number of anilines is 2. The van der Waals surface area contributed by atoms with Crippen molar-refractivity contribution in [3.63, 3.8) is 0 Å². The van der Waals surface area contributed by atoms with Gasteiger partial charge in [-0.25, -0.2) is 19.3 Å². The average Bonchev–Trinajstić information content (AvgIpc) is 3.02. The predicted molar refractivity (Wildman–Crippen MR) is 105 cm³/mol. The van der Waals surface area contributed by atoms with Crippen LogP contribution in [0.2, 0.25) is 5.02 Å². The van der Waals surface area contributed by atoms with Crippen molar-refractivity contribution in [2.75, 3.05) is 31.2 Å². The van der Waals surface area contributed by atoms with Crippen LogP contribution < -0.4 is 11.1 Å². The Hall–Kier alpha value is -2.51. The van der Waals surface area contributed by atoms with Gasteiger partial charge in [-0.2, -0.15) is 0 Å². The molecular formula is C19H20ClFN6. The Morgan fingerprint density at radius 1 is 1.30 bits per heavy atom. The van der Waals surface area contributed by atoms with Gasteiger partial charge in [0.05, 0.1) is 10.4 Å². The topological polar surface area (TPSA) is 80.0 Å². The fourth-order valence-electron chi connectivity index (χ4n) is 3.79. The molecule has 27 heavy (non-hydrogen) atoms. The number of benzene rings is 1. The summed E-state index contributed by atoms with van der Waals surface area (Å²) in [6.45, 7) is 1.65. The Balaban J connectivity index is 1.56. The molecule has 6 nitrogen and oxygen atoms in total. The van der Waals surface area contributed by atoms with Gasteiger partial charge in [0.15, 0.2) is 5.65 Å². The zero-order chi connectivity index (χ0) is 19.0. The van der Waals surface area contributed by atoms with E-state index in [-0.39, 0.29) is 16.9 Å². The Labute approximate surface area is 161 Å². The molecule has 1 aromatic carbocycles. The number of nitrogens with two attached hydrogens (primary N) is 1. The molecule has 4 rings (SSSR count). The minimum absolute atomic E-state index is 0.117. The molecular weight excluding hydrogens is 367 g/mol. The second kappa shape index (κ2) is 7.25. The summed E-state index contributed by atoms with van der Waals surface area (Å²) in [7, 11) is 2.06. The molecule has 0 aliphatic carbocycles. The number of pyridine rings is 1. The van der Waals surface area contributed by atoms with Crippen LogP contribution in [0.5, 0.6) is 0 Å². The molecule has 1 saturated heterocycles. The highest BCUT2D eigenvalue weighted by Crippen LogP contribution is 2.37. The zero-order valence-electron chi connectivity index (χ0n) is 14.9. The molecule has 0 spiro atoms. The van der Waals surface area contributed by atoms with Crippen molar-refractivity contribution < 1.29 is 4.39 Å². The predicted octanol–water partition coefficient (Wildman–Crippen LogP) is 3.50. The van der Waals surface area contributed by atoms with E-state index in [1.807, 2.05) is 12.1 Å². The van der Waals surface area contributed by atoms with Crippen LogP contribution in [-0.2, 0) is 0 Å². The van der Waals surface area contributed by atoms with E-state index < -0.39 is 0 Å². The van der Waals surface area contributed by atoms with Crippen LogP contribution in [-0.4, -0.2) is 40.0 Å². The highest BCUT2D eigenvalue weighted by atomic mass is 35.5. The number of halogens is 2. The summed E-state index contributed by atoms with van der Waals surface area (Å²) in [5, 5.41) is 4.39. The van der Waals surface area contributed by atoms with Crippen molar-refractivity contribution in [3.8, 4) is 0 Å². The van der Waals surface area contributed by atoms with Gasteiger partial charge in [0.2, 0.25) is 0 Å². The third kappa shape index (κ3) is 3.52. The molecule has 0 bridgehead atoms. The molecule has 0 radical (unpaired) electrons. The third-order valence-corrected chi connectivity index (χ3v) is 5.42. The molecule has 1 aliphatic rings. The van der Waals surface area contributed by atoms with Crippen LogP contribution in [0.1, 0.15) is 18.0 Å². The maximum absolute atomic E-state index is 13.9. The molecule has 3 N–H and O–H groups in total. The summed E-state index contributed by atoms with van der Waals surface area (Å²) < 4.78 is 13.9. The van der Waals surface area contributed by atoms with Gasteiger partial charge < -0.3 is 11.1 Å². The first-order valence-electron chi connectivity index (χ1n) is 8.79. The van der Waals surface area contributed by atoms with Crippen molar-refractivity contribution in [2.24, 2.45) is 5.92 Å². The quantitative estimate of drug-likeness (QED) is 0.714. The van der Waals surface area contributed by atoms with E-state index in [4.69, 9.17) is 17.3 Å². The van der Waals surface area contributed by atoms with Crippen LogP contribution in [0.3, 0.4) is 0 Å². The molecule has 2 atom stereocenters.